The quantitative estimate of drug-likeness (QED) is 0.354. The number of anilines is 1. The van der Waals surface area contributed by atoms with Gasteiger partial charge < -0.3 is 19.3 Å². The number of benzene rings is 2. The lowest BCUT2D eigenvalue weighted by atomic mass is 10.1. The number of nitrogens with zero attached hydrogens (tertiary/aromatic N) is 5. The molecule has 0 aliphatic heterocycles. The van der Waals surface area contributed by atoms with Crippen LogP contribution in [0.1, 0.15) is 12.5 Å². The van der Waals surface area contributed by atoms with Crippen LogP contribution in [0.3, 0.4) is 0 Å². The fraction of sp³-hybridized carbons (Fsp3) is 0.261. The fourth-order valence-corrected chi connectivity index (χ4v) is 4.08. The molecule has 0 atom stereocenters. The summed E-state index contributed by atoms with van der Waals surface area (Å²) in [4.78, 5) is 17.1. The van der Waals surface area contributed by atoms with Gasteiger partial charge in [0.25, 0.3) is 5.89 Å². The summed E-state index contributed by atoms with van der Waals surface area (Å²) in [5.74, 6) is 2.25. The van der Waals surface area contributed by atoms with Gasteiger partial charge in [-0.05, 0) is 32.0 Å². The minimum absolute atomic E-state index is 0.122. The predicted octanol–water partition coefficient (Wildman–Crippen LogP) is 4.07. The first-order chi connectivity index (χ1) is 16.5. The van der Waals surface area contributed by atoms with E-state index in [4.69, 9.17) is 14.0 Å². The van der Waals surface area contributed by atoms with Gasteiger partial charge in [0.15, 0.2) is 5.16 Å². The van der Waals surface area contributed by atoms with Gasteiger partial charge in [-0.15, -0.1) is 10.2 Å². The zero-order chi connectivity index (χ0) is 24.1. The molecule has 34 heavy (non-hydrogen) atoms. The Labute approximate surface area is 200 Å². The maximum Gasteiger partial charge on any atom is 0.296 e. The van der Waals surface area contributed by atoms with Crippen molar-refractivity contribution in [1.29, 1.82) is 0 Å². The van der Waals surface area contributed by atoms with Gasteiger partial charge in [0.2, 0.25) is 17.6 Å². The number of thioether (sulfide) groups is 1. The molecule has 0 unspecified atom stereocenters. The van der Waals surface area contributed by atoms with Gasteiger partial charge in [-0.25, -0.2) is 0 Å². The highest BCUT2D eigenvalue weighted by molar-refractivity contribution is 7.99. The number of aromatic nitrogens is 5. The molecule has 10 nitrogen and oxygen atoms in total. The van der Waals surface area contributed by atoms with Crippen molar-refractivity contribution in [2.75, 3.05) is 25.3 Å². The largest absolute Gasteiger partial charge is 0.497 e. The van der Waals surface area contributed by atoms with E-state index in [0.717, 1.165) is 11.1 Å². The molecule has 4 rings (SSSR count). The summed E-state index contributed by atoms with van der Waals surface area (Å²) in [5, 5.41) is 15.9. The topological polar surface area (TPSA) is 117 Å². The monoisotopic (exact) mass is 480 g/mol. The molecular formula is C23H24N6O4S. The van der Waals surface area contributed by atoms with Gasteiger partial charge >= 0.3 is 0 Å². The lowest BCUT2D eigenvalue weighted by Gasteiger charge is -2.11. The normalized spacial score (nSPS) is 10.8. The smallest absolute Gasteiger partial charge is 0.296 e. The second kappa shape index (κ2) is 10.4. The Hall–Kier alpha value is -3.86. The summed E-state index contributed by atoms with van der Waals surface area (Å²) < 4.78 is 17.8. The fourth-order valence-electron chi connectivity index (χ4n) is 3.28. The van der Waals surface area contributed by atoms with E-state index >= 15 is 0 Å². The van der Waals surface area contributed by atoms with Crippen molar-refractivity contribution in [2.24, 2.45) is 0 Å². The van der Waals surface area contributed by atoms with E-state index < -0.39 is 0 Å². The predicted molar refractivity (Wildman–Crippen MR) is 128 cm³/mol. The number of ether oxygens (including phenoxy) is 2. The second-order valence-electron chi connectivity index (χ2n) is 7.25. The first kappa shape index (κ1) is 23.3. The van der Waals surface area contributed by atoms with Crippen LogP contribution in [0, 0.1) is 6.92 Å². The summed E-state index contributed by atoms with van der Waals surface area (Å²) in [7, 11) is 3.10. The van der Waals surface area contributed by atoms with Crippen molar-refractivity contribution in [3.05, 3.63) is 48.0 Å². The SMILES string of the molecule is CCn1c(SCC(=O)Nc2cc(OC)ccc2OC)nnc1-c1nc(-c2cccc(C)c2)no1. The van der Waals surface area contributed by atoms with Gasteiger partial charge in [-0.3, -0.25) is 9.36 Å². The maximum absolute atomic E-state index is 12.6. The van der Waals surface area contributed by atoms with Gasteiger partial charge in [0.05, 0.1) is 25.7 Å². The van der Waals surface area contributed by atoms with E-state index in [-0.39, 0.29) is 17.6 Å². The highest BCUT2D eigenvalue weighted by Crippen LogP contribution is 2.30. The molecule has 0 aliphatic carbocycles. The summed E-state index contributed by atoms with van der Waals surface area (Å²) in [6, 6.07) is 13.0. The molecule has 0 radical (unpaired) electrons. The molecule has 1 N–H and O–H groups in total. The van der Waals surface area contributed by atoms with Crippen molar-refractivity contribution >= 4 is 23.4 Å². The molecule has 11 heteroatoms. The zero-order valence-corrected chi connectivity index (χ0v) is 20.0. The zero-order valence-electron chi connectivity index (χ0n) is 19.2. The Kier molecular flexibility index (Phi) is 7.12. The van der Waals surface area contributed by atoms with E-state index in [2.05, 4.69) is 25.7 Å². The molecule has 0 bridgehead atoms. The molecule has 2 aromatic carbocycles. The number of carbonyl (C=O) groups excluding carboxylic acids is 1. The molecule has 0 fully saturated rings. The average Bonchev–Trinajstić information content (AvgIpc) is 3.49. The minimum atomic E-state index is -0.219. The number of rotatable bonds is 9. The lowest BCUT2D eigenvalue weighted by molar-refractivity contribution is -0.113. The Balaban J connectivity index is 1.47. The Morgan fingerprint density at radius 1 is 1.15 bits per heavy atom. The molecule has 0 saturated heterocycles. The van der Waals surface area contributed by atoms with Gasteiger partial charge in [-0.2, -0.15) is 4.98 Å². The van der Waals surface area contributed by atoms with Gasteiger partial charge in [-0.1, -0.05) is 40.7 Å². The molecular weight excluding hydrogens is 456 g/mol. The highest BCUT2D eigenvalue weighted by atomic mass is 32.2. The van der Waals surface area contributed by atoms with Crippen molar-refractivity contribution < 1.29 is 18.8 Å². The Morgan fingerprint density at radius 2 is 2.00 bits per heavy atom. The number of carbonyl (C=O) groups is 1. The molecule has 176 valence electrons. The molecule has 2 aromatic heterocycles. The van der Waals surface area contributed by atoms with Crippen LogP contribution in [0.25, 0.3) is 23.1 Å². The molecule has 0 saturated carbocycles. The highest BCUT2D eigenvalue weighted by Gasteiger charge is 2.20. The first-order valence-corrected chi connectivity index (χ1v) is 11.5. The molecule has 2 heterocycles. The lowest BCUT2D eigenvalue weighted by Crippen LogP contribution is -2.15. The van der Waals surface area contributed by atoms with Crippen molar-refractivity contribution in [3.8, 4) is 34.6 Å². The van der Waals surface area contributed by atoms with E-state index in [1.807, 2.05) is 42.7 Å². The molecule has 0 aliphatic rings. The van der Waals surface area contributed by atoms with Crippen LogP contribution in [0.4, 0.5) is 5.69 Å². The van der Waals surface area contributed by atoms with Crippen LogP contribution >= 0.6 is 11.8 Å². The average molecular weight is 481 g/mol. The van der Waals surface area contributed by atoms with Crippen LogP contribution < -0.4 is 14.8 Å². The minimum Gasteiger partial charge on any atom is -0.497 e. The summed E-state index contributed by atoms with van der Waals surface area (Å²) >= 11 is 1.26. The third kappa shape index (κ3) is 5.04. The van der Waals surface area contributed by atoms with Crippen molar-refractivity contribution in [2.45, 2.75) is 25.5 Å². The Morgan fingerprint density at radius 3 is 2.74 bits per heavy atom. The summed E-state index contributed by atoms with van der Waals surface area (Å²) in [5.41, 5.74) is 2.49. The second-order valence-corrected chi connectivity index (χ2v) is 8.19. The maximum atomic E-state index is 12.6. The standard InChI is InChI=1S/C23H24N6O4S/c1-5-29-21(22-25-20(28-33-22)15-8-6-7-14(2)11-15)26-27-23(29)34-13-19(30)24-17-12-16(31-3)9-10-18(17)32-4/h6-12H,5,13H2,1-4H3,(H,24,30). The third-order valence-corrected chi connectivity index (χ3v) is 5.91. The van der Waals surface area contributed by atoms with E-state index in [1.165, 1.54) is 11.8 Å². The first-order valence-electron chi connectivity index (χ1n) is 10.5. The van der Waals surface area contributed by atoms with Crippen molar-refractivity contribution in [3.63, 3.8) is 0 Å². The molecule has 4 aromatic rings. The van der Waals surface area contributed by atoms with E-state index in [0.29, 0.717) is 40.5 Å². The van der Waals surface area contributed by atoms with Crippen LogP contribution in [0.2, 0.25) is 0 Å². The number of hydrogen-bond donors (Lipinski definition) is 1. The third-order valence-electron chi connectivity index (χ3n) is 4.94. The van der Waals surface area contributed by atoms with Crippen LogP contribution in [-0.4, -0.2) is 50.8 Å². The van der Waals surface area contributed by atoms with Crippen LogP contribution in [-0.2, 0) is 11.3 Å². The number of aryl methyl sites for hydroxylation is 1. The van der Waals surface area contributed by atoms with E-state index in [9.17, 15) is 4.79 Å². The summed E-state index contributed by atoms with van der Waals surface area (Å²) in [6.07, 6.45) is 0. The van der Waals surface area contributed by atoms with Crippen molar-refractivity contribution in [1.82, 2.24) is 24.9 Å². The molecule has 1 amide bonds. The summed E-state index contributed by atoms with van der Waals surface area (Å²) in [6.45, 7) is 4.52. The molecule has 0 spiro atoms. The van der Waals surface area contributed by atoms with Crippen LogP contribution in [0.5, 0.6) is 11.5 Å². The van der Waals surface area contributed by atoms with Crippen LogP contribution in [0.15, 0.2) is 52.1 Å². The number of nitrogens with one attached hydrogen (secondary N) is 1. The number of amides is 1. The van der Waals surface area contributed by atoms with E-state index in [1.54, 1.807) is 32.4 Å². The Bertz CT molecular complexity index is 1300. The number of hydrogen-bond acceptors (Lipinski definition) is 9. The van der Waals surface area contributed by atoms with Gasteiger partial charge in [0, 0.05) is 18.2 Å². The number of methoxy groups -OCH3 is 2. The van der Waals surface area contributed by atoms with Gasteiger partial charge in [0.1, 0.15) is 11.5 Å².